The normalized spacial score (nSPS) is 12.6. The Morgan fingerprint density at radius 1 is 1.16 bits per heavy atom. The molecule has 2 aromatic heterocycles. The lowest BCUT2D eigenvalue weighted by atomic mass is 9.96. The summed E-state index contributed by atoms with van der Waals surface area (Å²) in [4.78, 5) is 13.1. The van der Waals surface area contributed by atoms with Gasteiger partial charge in [0.2, 0.25) is 5.91 Å². The van der Waals surface area contributed by atoms with Crippen LogP contribution < -0.4 is 5.32 Å². The first-order valence-electron chi connectivity index (χ1n) is 9.28. The van der Waals surface area contributed by atoms with Gasteiger partial charge in [0.1, 0.15) is 18.2 Å². The van der Waals surface area contributed by atoms with Crippen LogP contribution >= 0.6 is 11.8 Å². The first-order chi connectivity index (χ1) is 14.4. The van der Waals surface area contributed by atoms with E-state index in [-0.39, 0.29) is 5.41 Å². The lowest BCUT2D eigenvalue weighted by Crippen LogP contribution is -2.32. The van der Waals surface area contributed by atoms with Gasteiger partial charge in [-0.3, -0.25) is 9.20 Å². The molecule has 0 saturated heterocycles. The molecule has 1 aromatic carbocycles. The average molecular weight is 452 g/mol. The van der Waals surface area contributed by atoms with E-state index < -0.39 is 24.4 Å². The third-order valence-electron chi connectivity index (χ3n) is 4.12. The summed E-state index contributed by atoms with van der Waals surface area (Å²) in [6.07, 6.45) is -0.399. The number of halogens is 4. The zero-order valence-electron chi connectivity index (χ0n) is 17.0. The summed E-state index contributed by atoms with van der Waals surface area (Å²) in [6.45, 7) is 4.64. The molecule has 1 amide bonds. The number of alkyl halides is 3. The van der Waals surface area contributed by atoms with Crippen LogP contribution in [0.4, 0.5) is 17.6 Å². The van der Waals surface area contributed by atoms with Gasteiger partial charge in [0.25, 0.3) is 0 Å². The molecule has 10 heteroatoms. The van der Waals surface area contributed by atoms with Crippen LogP contribution in [0.5, 0.6) is 0 Å². The highest BCUT2D eigenvalue weighted by Gasteiger charge is 2.27. The largest absolute Gasteiger partial charge is 0.405 e. The SMILES string of the molecule is CC(C)(C)c1nnc2ccc(Sc3ccc(F)cc3C=CC(=O)NCC(F)(F)F)cn12. The smallest absolute Gasteiger partial charge is 0.343 e. The molecule has 5 nitrogen and oxygen atoms in total. The second-order valence-electron chi connectivity index (χ2n) is 7.82. The summed E-state index contributed by atoms with van der Waals surface area (Å²) in [7, 11) is 0. The number of pyridine rings is 1. The summed E-state index contributed by atoms with van der Waals surface area (Å²) in [5.41, 5.74) is 0.831. The van der Waals surface area contributed by atoms with Crippen LogP contribution in [0.3, 0.4) is 0 Å². The highest BCUT2D eigenvalue weighted by Crippen LogP contribution is 2.32. The molecule has 0 aliphatic carbocycles. The molecule has 3 aromatic rings. The van der Waals surface area contributed by atoms with E-state index in [2.05, 4.69) is 10.2 Å². The molecule has 0 saturated carbocycles. The Balaban J connectivity index is 1.85. The minimum Gasteiger partial charge on any atom is -0.343 e. The number of carbonyl (C=O) groups is 1. The van der Waals surface area contributed by atoms with Gasteiger partial charge >= 0.3 is 6.18 Å². The van der Waals surface area contributed by atoms with Crippen molar-refractivity contribution in [1.82, 2.24) is 19.9 Å². The van der Waals surface area contributed by atoms with Crippen molar-refractivity contribution >= 4 is 29.4 Å². The molecule has 164 valence electrons. The number of aromatic nitrogens is 3. The number of hydrogen-bond donors (Lipinski definition) is 1. The fourth-order valence-electron chi connectivity index (χ4n) is 2.72. The van der Waals surface area contributed by atoms with Crippen LogP contribution in [-0.2, 0) is 10.2 Å². The van der Waals surface area contributed by atoms with Gasteiger partial charge in [-0.05, 0) is 42.0 Å². The molecule has 1 N–H and O–H groups in total. The van der Waals surface area contributed by atoms with E-state index in [9.17, 15) is 22.4 Å². The van der Waals surface area contributed by atoms with Crippen LogP contribution in [-0.4, -0.2) is 33.2 Å². The van der Waals surface area contributed by atoms with Crippen molar-refractivity contribution in [3.63, 3.8) is 0 Å². The summed E-state index contributed by atoms with van der Waals surface area (Å²) < 4.78 is 52.3. The molecule has 0 radical (unpaired) electrons. The number of rotatable bonds is 5. The Kier molecular flexibility index (Phi) is 6.40. The number of fused-ring (bicyclic) bond motifs is 1. The number of nitrogens with zero attached hydrogens (tertiary/aromatic N) is 3. The second-order valence-corrected chi connectivity index (χ2v) is 8.93. The van der Waals surface area contributed by atoms with Crippen molar-refractivity contribution < 1.29 is 22.4 Å². The van der Waals surface area contributed by atoms with E-state index in [0.717, 1.165) is 16.8 Å². The average Bonchev–Trinajstić information content (AvgIpc) is 3.09. The lowest BCUT2D eigenvalue weighted by molar-refractivity contribution is -0.135. The predicted octanol–water partition coefficient (Wildman–Crippen LogP) is 5.01. The standard InChI is InChI=1S/C21H20F4N4OS/c1-20(2,3)19-28-27-17-8-6-15(11-29(17)19)31-16-7-5-14(22)10-13(16)4-9-18(30)26-12-21(23,24)25/h4-11H,12H2,1-3H3,(H,26,30). The molecule has 2 heterocycles. The van der Waals surface area contributed by atoms with E-state index in [1.54, 1.807) is 11.4 Å². The van der Waals surface area contributed by atoms with Crippen molar-refractivity contribution in [2.24, 2.45) is 0 Å². The fraction of sp³-hybridized carbons (Fsp3) is 0.286. The molecule has 0 fully saturated rings. The van der Waals surface area contributed by atoms with Crippen molar-refractivity contribution in [3.05, 3.63) is 59.8 Å². The van der Waals surface area contributed by atoms with Gasteiger partial charge in [-0.25, -0.2) is 4.39 Å². The van der Waals surface area contributed by atoms with Gasteiger partial charge in [0, 0.05) is 27.5 Å². The molecule has 0 atom stereocenters. The fourth-order valence-corrected chi connectivity index (χ4v) is 3.65. The molecule has 31 heavy (non-hydrogen) atoms. The van der Waals surface area contributed by atoms with Crippen LogP contribution in [0.1, 0.15) is 32.2 Å². The third kappa shape index (κ3) is 6.06. The maximum absolute atomic E-state index is 13.8. The van der Waals surface area contributed by atoms with Gasteiger partial charge in [-0.15, -0.1) is 10.2 Å². The minimum atomic E-state index is -4.50. The van der Waals surface area contributed by atoms with Gasteiger partial charge in [-0.1, -0.05) is 32.5 Å². The van der Waals surface area contributed by atoms with Crippen molar-refractivity contribution in [3.8, 4) is 0 Å². The number of carbonyl (C=O) groups excluding carboxylic acids is 1. The quantitative estimate of drug-likeness (QED) is 0.437. The molecular weight excluding hydrogens is 432 g/mol. The van der Waals surface area contributed by atoms with Crippen molar-refractivity contribution in [2.45, 2.75) is 42.2 Å². The van der Waals surface area contributed by atoms with E-state index in [1.165, 1.54) is 30.0 Å². The molecule has 0 aliphatic rings. The molecule has 0 bridgehead atoms. The van der Waals surface area contributed by atoms with Crippen LogP contribution in [0.25, 0.3) is 11.7 Å². The zero-order chi connectivity index (χ0) is 22.8. The topological polar surface area (TPSA) is 59.3 Å². The predicted molar refractivity (Wildman–Crippen MR) is 110 cm³/mol. The Morgan fingerprint density at radius 3 is 2.58 bits per heavy atom. The number of benzene rings is 1. The van der Waals surface area contributed by atoms with Crippen LogP contribution in [0.2, 0.25) is 0 Å². The monoisotopic (exact) mass is 452 g/mol. The molecule has 0 unspecified atom stereocenters. The van der Waals surface area contributed by atoms with Gasteiger partial charge in [0.15, 0.2) is 5.65 Å². The summed E-state index contributed by atoms with van der Waals surface area (Å²) >= 11 is 1.32. The summed E-state index contributed by atoms with van der Waals surface area (Å²) in [6, 6.07) is 7.70. The number of hydrogen-bond acceptors (Lipinski definition) is 4. The highest BCUT2D eigenvalue weighted by atomic mass is 32.2. The lowest BCUT2D eigenvalue weighted by Gasteiger charge is -2.16. The molecule has 3 rings (SSSR count). The first-order valence-corrected chi connectivity index (χ1v) is 10.1. The van der Waals surface area contributed by atoms with Crippen LogP contribution in [0, 0.1) is 5.82 Å². The Labute approximate surface area is 180 Å². The van der Waals surface area contributed by atoms with Gasteiger partial charge < -0.3 is 5.32 Å². The Bertz CT molecular complexity index is 1130. The van der Waals surface area contributed by atoms with E-state index in [1.807, 2.05) is 43.5 Å². The first kappa shape index (κ1) is 22.8. The summed E-state index contributed by atoms with van der Waals surface area (Å²) in [5, 5.41) is 10.2. The number of nitrogens with one attached hydrogen (secondary N) is 1. The van der Waals surface area contributed by atoms with E-state index in [4.69, 9.17) is 0 Å². The third-order valence-corrected chi connectivity index (χ3v) is 5.19. The van der Waals surface area contributed by atoms with Gasteiger partial charge in [-0.2, -0.15) is 13.2 Å². The molecule has 0 spiro atoms. The maximum Gasteiger partial charge on any atom is 0.405 e. The molecular formula is C21H20F4N4OS. The second kappa shape index (κ2) is 8.70. The Hall–Kier alpha value is -2.88. The summed E-state index contributed by atoms with van der Waals surface area (Å²) in [5.74, 6) is -0.659. The zero-order valence-corrected chi connectivity index (χ0v) is 17.8. The van der Waals surface area contributed by atoms with E-state index >= 15 is 0 Å². The minimum absolute atomic E-state index is 0.226. The van der Waals surface area contributed by atoms with Crippen LogP contribution in [0.15, 0.2) is 52.4 Å². The Morgan fingerprint density at radius 2 is 1.90 bits per heavy atom. The number of amides is 1. The van der Waals surface area contributed by atoms with E-state index in [0.29, 0.717) is 16.1 Å². The molecule has 0 aliphatic heterocycles. The van der Waals surface area contributed by atoms with Crippen molar-refractivity contribution in [2.75, 3.05) is 6.54 Å². The van der Waals surface area contributed by atoms with Crippen molar-refractivity contribution in [1.29, 1.82) is 0 Å². The highest BCUT2D eigenvalue weighted by molar-refractivity contribution is 7.99. The van der Waals surface area contributed by atoms with Gasteiger partial charge in [0.05, 0.1) is 0 Å². The maximum atomic E-state index is 13.8.